The van der Waals surface area contributed by atoms with Gasteiger partial charge in [-0.1, -0.05) is 395 Å². The van der Waals surface area contributed by atoms with Crippen molar-refractivity contribution < 1.29 is 80.2 Å². The molecule has 17 nitrogen and oxygen atoms in total. The van der Waals surface area contributed by atoms with Crippen LogP contribution in [0.4, 0.5) is 0 Å². The van der Waals surface area contributed by atoms with Gasteiger partial charge >= 0.3 is 39.5 Å². The van der Waals surface area contributed by atoms with Crippen LogP contribution in [0.3, 0.4) is 0 Å². The normalized spacial score (nSPS) is 14.2. The van der Waals surface area contributed by atoms with Gasteiger partial charge in [0.2, 0.25) is 0 Å². The van der Waals surface area contributed by atoms with E-state index < -0.39 is 97.5 Å². The fraction of sp³-hybridized carbons (Fsp3) is 0.953. The first-order valence-corrected chi connectivity index (χ1v) is 46.9. The lowest BCUT2D eigenvalue weighted by Crippen LogP contribution is -2.30. The summed E-state index contributed by atoms with van der Waals surface area (Å²) in [7, 11) is -9.93. The molecule has 0 bridgehead atoms. The molecule has 0 spiro atoms. The smallest absolute Gasteiger partial charge is 0.462 e. The Kier molecular flexibility index (Phi) is 73.7. The summed E-state index contributed by atoms with van der Waals surface area (Å²) >= 11 is 0. The van der Waals surface area contributed by atoms with Gasteiger partial charge in [0.25, 0.3) is 0 Å². The van der Waals surface area contributed by atoms with Gasteiger partial charge in [-0.15, -0.1) is 0 Å². The maximum atomic E-state index is 13.1. The lowest BCUT2D eigenvalue weighted by atomic mass is 10.00. The van der Waals surface area contributed by atoms with Crippen LogP contribution >= 0.6 is 15.6 Å². The average Bonchev–Trinajstić information content (AvgIpc) is 0.933. The molecular formula is C85H166O17P2. The number of hydrogen-bond acceptors (Lipinski definition) is 15. The third kappa shape index (κ3) is 76.8. The van der Waals surface area contributed by atoms with Crippen LogP contribution in [-0.4, -0.2) is 96.7 Å². The van der Waals surface area contributed by atoms with Gasteiger partial charge < -0.3 is 33.8 Å². The zero-order valence-corrected chi connectivity index (χ0v) is 70.3. The second-order valence-electron chi connectivity index (χ2n) is 31.8. The van der Waals surface area contributed by atoms with E-state index in [-0.39, 0.29) is 25.7 Å². The first-order chi connectivity index (χ1) is 50.3. The molecule has 0 aromatic heterocycles. The highest BCUT2D eigenvalue weighted by Gasteiger charge is 2.30. The van der Waals surface area contributed by atoms with Crippen LogP contribution in [0, 0.1) is 17.8 Å². The number of aliphatic hydroxyl groups excluding tert-OH is 1. The van der Waals surface area contributed by atoms with Crippen LogP contribution in [0.25, 0.3) is 0 Å². The van der Waals surface area contributed by atoms with E-state index >= 15 is 0 Å². The molecule has 0 aliphatic carbocycles. The summed E-state index contributed by atoms with van der Waals surface area (Å²) in [5.41, 5.74) is 0. The molecule has 3 N–H and O–H groups in total. The Morgan fingerprint density at radius 1 is 0.279 bits per heavy atom. The van der Waals surface area contributed by atoms with E-state index in [1.165, 1.54) is 250 Å². The zero-order valence-electron chi connectivity index (χ0n) is 68.5. The molecule has 618 valence electrons. The lowest BCUT2D eigenvalue weighted by Gasteiger charge is -2.21. The first-order valence-electron chi connectivity index (χ1n) is 43.9. The number of unbranched alkanes of at least 4 members (excludes halogenated alkanes) is 50. The molecule has 0 rings (SSSR count). The van der Waals surface area contributed by atoms with Gasteiger partial charge in [-0.05, 0) is 43.4 Å². The summed E-state index contributed by atoms with van der Waals surface area (Å²) < 4.78 is 68.9. The van der Waals surface area contributed by atoms with E-state index in [0.717, 1.165) is 114 Å². The quantitative estimate of drug-likeness (QED) is 0.0222. The highest BCUT2D eigenvalue weighted by atomic mass is 31.2. The molecule has 0 aromatic rings. The number of phosphoric acid groups is 2. The lowest BCUT2D eigenvalue weighted by molar-refractivity contribution is -0.161. The average molecular weight is 1520 g/mol. The summed E-state index contributed by atoms with van der Waals surface area (Å²) in [6, 6.07) is 0. The summed E-state index contributed by atoms with van der Waals surface area (Å²) in [5.74, 6) is 0.244. The fourth-order valence-corrected chi connectivity index (χ4v) is 14.7. The van der Waals surface area contributed by atoms with Crippen molar-refractivity contribution in [1.29, 1.82) is 0 Å². The van der Waals surface area contributed by atoms with Crippen LogP contribution in [0.1, 0.15) is 447 Å². The van der Waals surface area contributed by atoms with Crippen molar-refractivity contribution >= 4 is 39.5 Å². The highest BCUT2D eigenvalue weighted by Crippen LogP contribution is 2.45. The molecule has 6 atom stereocenters. The second kappa shape index (κ2) is 75.1. The SMILES string of the molecule is CCCCCCCCCCCCCCCCCCC(=O)O[C@H](COC(=O)CCCCCCCCC(C)CC)COP(=O)(O)OC[C@H](O)COP(=O)(O)OC[C@@H](COC(=O)CCCCCCCCCCCCCCCCC(C)C)OC(=O)CCCCCCCCCCCCCCCCCCCCC(C)C. The molecular weight excluding hydrogens is 1350 g/mol. The van der Waals surface area contributed by atoms with Crippen molar-refractivity contribution in [2.24, 2.45) is 17.8 Å². The van der Waals surface area contributed by atoms with Crippen LogP contribution in [0.2, 0.25) is 0 Å². The molecule has 3 unspecified atom stereocenters. The Morgan fingerprint density at radius 3 is 0.731 bits per heavy atom. The number of ether oxygens (including phenoxy) is 4. The predicted octanol–water partition coefficient (Wildman–Crippen LogP) is 25.7. The van der Waals surface area contributed by atoms with Crippen LogP contribution in [0.5, 0.6) is 0 Å². The summed E-state index contributed by atoms with van der Waals surface area (Å²) in [6.45, 7) is 12.0. The van der Waals surface area contributed by atoms with Crippen LogP contribution in [0.15, 0.2) is 0 Å². The Bertz CT molecular complexity index is 2010. The third-order valence-corrected chi connectivity index (χ3v) is 22.1. The van der Waals surface area contributed by atoms with Crippen molar-refractivity contribution in [3.63, 3.8) is 0 Å². The Labute approximate surface area is 638 Å². The maximum Gasteiger partial charge on any atom is 0.472 e. The maximum absolute atomic E-state index is 13.1. The van der Waals surface area contributed by atoms with Gasteiger partial charge in [-0.25, -0.2) is 9.13 Å². The van der Waals surface area contributed by atoms with E-state index in [2.05, 4.69) is 48.5 Å². The number of phosphoric ester groups is 2. The summed E-state index contributed by atoms with van der Waals surface area (Å²) in [4.78, 5) is 73.2. The van der Waals surface area contributed by atoms with Crippen molar-refractivity contribution in [2.45, 2.75) is 465 Å². The molecule has 0 heterocycles. The van der Waals surface area contributed by atoms with E-state index in [9.17, 15) is 43.2 Å². The molecule has 0 aliphatic rings. The molecule has 0 aliphatic heterocycles. The molecule has 104 heavy (non-hydrogen) atoms. The number of carbonyl (C=O) groups excluding carboxylic acids is 4. The minimum atomic E-state index is -4.97. The van der Waals surface area contributed by atoms with E-state index in [4.69, 9.17) is 37.0 Å². The van der Waals surface area contributed by atoms with Gasteiger partial charge in [0.1, 0.15) is 19.3 Å². The van der Waals surface area contributed by atoms with Crippen molar-refractivity contribution in [3.05, 3.63) is 0 Å². The molecule has 0 saturated carbocycles. The van der Waals surface area contributed by atoms with Crippen LogP contribution < -0.4 is 0 Å². The Hall–Kier alpha value is -1.94. The molecule has 0 saturated heterocycles. The van der Waals surface area contributed by atoms with Gasteiger partial charge in [0, 0.05) is 25.7 Å². The second-order valence-corrected chi connectivity index (χ2v) is 34.7. The Balaban J connectivity index is 5.23. The standard InChI is InChI=1S/C85H166O17P2/c1-8-10-11-12-13-14-15-16-17-23-30-35-40-45-54-61-69-85(90)102-81(73-96-83(88)67-60-53-48-47-51-58-65-78(7)9-2)75-100-104(93,94)98-71-79(86)70-97-103(91,92)99-74-80(72-95-82(87)66-59-52-44-39-34-29-26-25-28-33-38-43-50-57-64-77(5)6)101-84(89)68-62-55-46-41-36-31-24-21-19-18-20-22-27-32-37-42-49-56-63-76(3)4/h76-81,86H,8-75H2,1-7H3,(H,91,92)(H,93,94)/t78?,79-,80-,81-/m1/s1. The van der Waals surface area contributed by atoms with Gasteiger partial charge in [0.05, 0.1) is 26.4 Å². The van der Waals surface area contributed by atoms with Crippen molar-refractivity contribution in [2.75, 3.05) is 39.6 Å². The monoisotopic (exact) mass is 1520 g/mol. The van der Waals surface area contributed by atoms with E-state index in [1.54, 1.807) is 0 Å². The number of carbonyl (C=O) groups is 4. The molecule has 19 heteroatoms. The van der Waals surface area contributed by atoms with Gasteiger partial charge in [-0.2, -0.15) is 0 Å². The van der Waals surface area contributed by atoms with E-state index in [1.807, 2.05) is 0 Å². The predicted molar refractivity (Wildman–Crippen MR) is 428 cm³/mol. The highest BCUT2D eigenvalue weighted by molar-refractivity contribution is 7.47. The number of esters is 4. The minimum absolute atomic E-state index is 0.107. The molecule has 0 amide bonds. The molecule has 0 radical (unpaired) electrons. The Morgan fingerprint density at radius 2 is 0.490 bits per heavy atom. The third-order valence-electron chi connectivity index (χ3n) is 20.2. The molecule has 0 aromatic carbocycles. The van der Waals surface area contributed by atoms with Crippen molar-refractivity contribution in [1.82, 2.24) is 0 Å². The first kappa shape index (κ1) is 102. The molecule has 0 fully saturated rings. The topological polar surface area (TPSA) is 237 Å². The summed E-state index contributed by atoms with van der Waals surface area (Å²) in [6.07, 6.45) is 65.3. The van der Waals surface area contributed by atoms with Crippen molar-refractivity contribution in [3.8, 4) is 0 Å². The van der Waals surface area contributed by atoms with E-state index in [0.29, 0.717) is 25.7 Å². The van der Waals surface area contributed by atoms with Gasteiger partial charge in [-0.3, -0.25) is 37.3 Å². The minimum Gasteiger partial charge on any atom is -0.462 e. The number of aliphatic hydroxyl groups is 1. The largest absolute Gasteiger partial charge is 0.472 e. The fourth-order valence-electron chi connectivity index (χ4n) is 13.2. The number of hydrogen-bond donors (Lipinski definition) is 3. The number of rotatable bonds is 83. The zero-order chi connectivity index (χ0) is 76.5. The van der Waals surface area contributed by atoms with Crippen LogP contribution in [-0.2, 0) is 65.4 Å². The van der Waals surface area contributed by atoms with Gasteiger partial charge in [0.15, 0.2) is 12.2 Å². The summed E-state index contributed by atoms with van der Waals surface area (Å²) in [5, 5.41) is 10.7.